The zero-order valence-corrected chi connectivity index (χ0v) is 89.6. The lowest BCUT2D eigenvalue weighted by Gasteiger charge is -2.09. The summed E-state index contributed by atoms with van der Waals surface area (Å²) in [4.78, 5) is 39.1. The lowest BCUT2D eigenvalue weighted by atomic mass is 10.0. The molecule has 0 aliphatic heterocycles. The number of benzene rings is 12. The quantitative estimate of drug-likeness (QED) is 0.0228. The number of amides is 1. The van der Waals surface area contributed by atoms with Crippen LogP contribution in [0.1, 0.15) is 249 Å². The van der Waals surface area contributed by atoms with Crippen LogP contribution in [-0.2, 0) is 48.1 Å². The second-order valence-electron chi connectivity index (χ2n) is 25.3. The number of halogens is 2. The van der Waals surface area contributed by atoms with E-state index < -0.39 is 0 Å². The van der Waals surface area contributed by atoms with Gasteiger partial charge in [-0.15, -0.1) is 11.8 Å². The number of pyridine rings is 4. The Kier molecular flexibility index (Phi) is 93.7. The first-order chi connectivity index (χ1) is 66.4. The highest BCUT2D eigenvalue weighted by Gasteiger charge is 2.11. The largest absolute Gasteiger partial charge is 0.481 e. The van der Waals surface area contributed by atoms with Gasteiger partial charge in [-0.05, 0) is 159 Å². The number of anilines is 2. The number of para-hydroxylation sites is 6. The highest BCUT2D eigenvalue weighted by Crippen LogP contribution is 2.28. The molecule has 0 aliphatic rings. The molecule has 16 rings (SSSR count). The van der Waals surface area contributed by atoms with E-state index in [1.165, 1.54) is 49.7 Å². The summed E-state index contributed by atoms with van der Waals surface area (Å²) < 4.78 is 6.25. The molecular formula is C123H170Cl2N6O4S2. The van der Waals surface area contributed by atoms with Gasteiger partial charge in [-0.25, -0.2) is 15.0 Å². The molecule has 5 N–H and O–H groups in total. The van der Waals surface area contributed by atoms with E-state index in [2.05, 4.69) is 184 Å². The number of aromatic amines is 1. The van der Waals surface area contributed by atoms with Crippen molar-refractivity contribution in [1.82, 2.24) is 19.9 Å². The number of hydrogen-bond acceptors (Lipinski definition) is 10. The first-order valence-electron chi connectivity index (χ1n) is 48.4. The number of rotatable bonds is 17. The van der Waals surface area contributed by atoms with E-state index in [0.717, 1.165) is 116 Å². The van der Waals surface area contributed by atoms with E-state index in [9.17, 15) is 9.59 Å². The molecule has 0 bridgehead atoms. The van der Waals surface area contributed by atoms with Crippen LogP contribution >= 0.6 is 47.2 Å². The van der Waals surface area contributed by atoms with E-state index in [0.29, 0.717) is 23.9 Å². The number of nitrogen functional groups attached to an aromatic ring is 1. The van der Waals surface area contributed by atoms with E-state index in [4.69, 9.17) is 56.0 Å². The van der Waals surface area contributed by atoms with Crippen molar-refractivity contribution >= 4 is 113 Å². The fourth-order valence-corrected chi connectivity index (χ4v) is 12.9. The average Bonchev–Trinajstić information content (AvgIpc) is 0.838. The number of methoxy groups -OCH3 is 1. The van der Waals surface area contributed by atoms with E-state index in [-0.39, 0.29) is 26.0 Å². The molecular weight excluding hydrogens is 1760 g/mol. The molecule has 12 aromatic carbocycles. The highest BCUT2D eigenvalue weighted by molar-refractivity contribution is 7.98. The Morgan fingerprint density at radius 3 is 0.993 bits per heavy atom. The van der Waals surface area contributed by atoms with Crippen LogP contribution in [-0.4, -0.2) is 56.7 Å². The number of nitrogens with zero attached hydrogens (tertiary/aromatic N) is 3. The number of aliphatic hydroxyl groups is 1. The summed E-state index contributed by atoms with van der Waals surface area (Å²) >= 11 is 18.6. The Bertz CT molecular complexity index is 5370. The third kappa shape index (κ3) is 58.4. The SMILES string of the molecule is C.C.CC.CC.CC.CC.CC.CC.CC.CC.CC.CC.CC.CC.CO.COc1nc2ccccc2cc1Cc1ccccc1.CSc1nc2ccccc2cc1Cc1ccccc1.Clc1nc2ccccc2cc1Cc1ccccc1.Nc1ccccc1.O=C(CCc1ccccc1)Nc1ccccc1.O=C(Cl)CCc1ccccc1.S=c1[nH]c2ccccc2cc1Cc1ccccc1. The van der Waals surface area contributed by atoms with Gasteiger partial charge < -0.3 is 25.9 Å². The number of ether oxygens (including phenoxy) is 1. The van der Waals surface area contributed by atoms with Gasteiger partial charge in [0.15, 0.2) is 0 Å². The summed E-state index contributed by atoms with van der Waals surface area (Å²) in [6.07, 6.45) is 8.01. The number of hydrogen-bond donors (Lipinski definition) is 4. The number of aromatic nitrogens is 4. The Balaban J connectivity index is -0.000000354. The number of nitrogens with one attached hydrogen (secondary N) is 2. The molecule has 14 heteroatoms. The van der Waals surface area contributed by atoms with Crippen molar-refractivity contribution in [3.63, 3.8) is 0 Å². The number of nitrogens with two attached hydrogens (primary N) is 1. The Morgan fingerprint density at radius 2 is 0.635 bits per heavy atom. The summed E-state index contributed by atoms with van der Waals surface area (Å²) in [6.45, 7) is 48.0. The third-order valence-electron chi connectivity index (χ3n) is 17.2. The first kappa shape index (κ1) is 136. The van der Waals surface area contributed by atoms with Crippen LogP contribution in [0.15, 0.2) is 369 Å². The van der Waals surface area contributed by atoms with Gasteiger partial charge in [-0.1, -0.05) is 496 Å². The van der Waals surface area contributed by atoms with Crippen LogP contribution in [0.3, 0.4) is 0 Å². The minimum atomic E-state index is -0.270. The molecule has 137 heavy (non-hydrogen) atoms. The molecule has 16 aromatic rings. The van der Waals surface area contributed by atoms with Gasteiger partial charge in [0.1, 0.15) is 9.79 Å². The normalized spacial score (nSPS) is 8.77. The predicted octanol–water partition coefficient (Wildman–Crippen LogP) is 37.5. The zero-order chi connectivity index (χ0) is 102. The minimum Gasteiger partial charge on any atom is -0.481 e. The average molecular weight is 1930 g/mol. The monoisotopic (exact) mass is 1930 g/mol. The van der Waals surface area contributed by atoms with Gasteiger partial charge in [-0.3, -0.25) is 9.59 Å². The second kappa shape index (κ2) is 94.5. The van der Waals surface area contributed by atoms with Gasteiger partial charge >= 0.3 is 0 Å². The third-order valence-corrected chi connectivity index (χ3v) is 18.9. The molecule has 0 atom stereocenters. The van der Waals surface area contributed by atoms with Crippen LogP contribution in [0.4, 0.5) is 11.4 Å². The van der Waals surface area contributed by atoms with Gasteiger partial charge in [0.2, 0.25) is 17.0 Å². The molecule has 4 heterocycles. The van der Waals surface area contributed by atoms with Crippen LogP contribution in [0.2, 0.25) is 5.15 Å². The van der Waals surface area contributed by atoms with Crippen LogP contribution in [0.25, 0.3) is 43.6 Å². The lowest BCUT2D eigenvalue weighted by molar-refractivity contribution is -0.116. The number of thioether (sulfide) groups is 1. The summed E-state index contributed by atoms with van der Waals surface area (Å²) in [5.41, 5.74) is 23.2. The van der Waals surface area contributed by atoms with E-state index in [1.54, 1.807) is 18.9 Å². The number of carbonyl (C=O) groups is 2. The standard InChI is InChI=1S/C17H15NO.C17H15NS.C16H12ClN.C16H13NS.C15H15NO.C9H9ClO.C6H7N.12C2H6.CH4O.2CH4/c2*1-19-17-15(11-13-7-3-2-4-8-13)12-14-9-5-6-10-16(14)18-17;17-16-14(10-12-6-2-1-3-7-12)11-13-8-4-5-9-15(13)18-16;18-16-14(10-12-6-2-1-3-7-12)11-13-8-4-5-9-15(13)17-16;17-15(16-14-9-5-2-6-10-14)12-11-13-7-3-1-4-8-13;10-9(11)7-6-8-4-2-1-3-5-8;7-6-4-2-1-3-5-6;13*1-2;;/h2*2-10,12H,11H2,1H3;1-9,11H,10H2;1-9,11H,10H2,(H,17,18);1-10H,11-12H2,(H,16,17);1-5H,6-7H2;1-5H,7H2;12*1-2H3;2H,1H3;2*1H4. The number of aryl methyl sites for hydroxylation is 2. The van der Waals surface area contributed by atoms with Gasteiger partial charge in [0.25, 0.3) is 0 Å². The number of fused-ring (bicyclic) bond motifs is 4. The molecule has 0 spiro atoms. The smallest absolute Gasteiger partial charge is 0.224 e. The molecule has 742 valence electrons. The van der Waals surface area contributed by atoms with Crippen molar-refractivity contribution in [2.45, 2.75) is 237 Å². The molecule has 4 aromatic heterocycles. The topological polar surface area (TPSA) is 156 Å². The predicted molar refractivity (Wildman–Crippen MR) is 619 cm³/mol. The maximum Gasteiger partial charge on any atom is 0.224 e. The van der Waals surface area contributed by atoms with Gasteiger partial charge in [-0.2, -0.15) is 0 Å². The number of carbonyl (C=O) groups excluding carboxylic acids is 2. The van der Waals surface area contributed by atoms with E-state index >= 15 is 0 Å². The maximum atomic E-state index is 11.7. The summed E-state index contributed by atoms with van der Waals surface area (Å²) in [6, 6.07) is 122. The number of aliphatic hydroxyl groups excluding tert-OH is 1. The number of H-pyrrole nitrogens is 1. The molecule has 0 unspecified atom stereocenters. The molecule has 0 aliphatic carbocycles. The van der Waals surface area contributed by atoms with Crippen molar-refractivity contribution in [3.8, 4) is 5.88 Å². The highest BCUT2D eigenvalue weighted by atomic mass is 35.5. The molecule has 0 fully saturated rings. The molecule has 1 amide bonds. The Hall–Kier alpha value is -11.9. The van der Waals surface area contributed by atoms with Gasteiger partial charge in [0, 0.05) is 84.2 Å². The van der Waals surface area contributed by atoms with Crippen LogP contribution < -0.4 is 15.8 Å². The lowest BCUT2D eigenvalue weighted by Crippen LogP contribution is -2.12. The molecule has 10 nitrogen and oxygen atoms in total. The minimum absolute atomic E-state index is 0. The molecule has 0 saturated carbocycles. The first-order valence-corrected chi connectivity index (χ1v) is 50.8. The summed E-state index contributed by atoms with van der Waals surface area (Å²) in [5, 5.41) is 16.0. The second-order valence-corrected chi connectivity index (χ2v) is 27.3. The molecule has 0 saturated heterocycles. The maximum absolute atomic E-state index is 11.7. The summed E-state index contributed by atoms with van der Waals surface area (Å²) in [5.74, 6) is 0.766. The van der Waals surface area contributed by atoms with Crippen molar-refractivity contribution in [2.75, 3.05) is 31.5 Å². The van der Waals surface area contributed by atoms with Crippen molar-refractivity contribution < 1.29 is 19.4 Å². The van der Waals surface area contributed by atoms with Gasteiger partial charge in [0.05, 0.1) is 28.7 Å². The Labute approximate surface area is 850 Å². The van der Waals surface area contributed by atoms with Crippen molar-refractivity contribution in [2.24, 2.45) is 0 Å². The van der Waals surface area contributed by atoms with Crippen molar-refractivity contribution in [1.29, 1.82) is 0 Å². The fourth-order valence-electron chi connectivity index (χ4n) is 11.7. The zero-order valence-electron chi connectivity index (χ0n) is 86.5. The van der Waals surface area contributed by atoms with E-state index in [1.807, 2.05) is 372 Å². The molecule has 0 radical (unpaired) electrons. The Morgan fingerprint density at radius 1 is 0.358 bits per heavy atom. The van der Waals surface area contributed by atoms with Crippen molar-refractivity contribution in [3.05, 3.63) is 429 Å². The summed E-state index contributed by atoms with van der Waals surface area (Å²) in [7, 11) is 2.67. The fraction of sp³-hybridized carbons (Fsp3) is 0.301. The van der Waals surface area contributed by atoms with Crippen LogP contribution in [0.5, 0.6) is 5.88 Å². The van der Waals surface area contributed by atoms with Crippen LogP contribution in [0, 0.1) is 4.64 Å².